The molecule has 2 fully saturated rings. The molecule has 6 heteroatoms. The van der Waals surface area contributed by atoms with Gasteiger partial charge in [0.25, 0.3) is 5.91 Å². The number of aliphatic hydroxyl groups is 1. The topological polar surface area (TPSA) is 59.0 Å². The van der Waals surface area contributed by atoms with Gasteiger partial charge in [0.2, 0.25) is 0 Å². The molecular weight excluding hydrogens is 374 g/mol. The molecule has 4 rings (SSSR count). The zero-order valence-electron chi connectivity index (χ0n) is 13.6. The molecular formula is C18H22BrNO4. The summed E-state index contributed by atoms with van der Waals surface area (Å²) >= 11 is 3.47. The average Bonchev–Trinajstić information content (AvgIpc) is 2.60. The quantitative estimate of drug-likeness (QED) is 0.793. The number of carbonyl (C=O) groups excluding carboxylic acids is 1. The minimum atomic E-state index is -0.567. The van der Waals surface area contributed by atoms with E-state index in [4.69, 9.17) is 9.47 Å². The Morgan fingerprint density at radius 3 is 2.96 bits per heavy atom. The van der Waals surface area contributed by atoms with Crippen LogP contribution in [-0.2, 0) is 0 Å². The maximum atomic E-state index is 12.9. The number of benzene rings is 1. The minimum absolute atomic E-state index is 0.000275. The first-order valence-corrected chi connectivity index (χ1v) is 9.47. The number of hydrogen-bond donors (Lipinski definition) is 1. The second-order valence-corrected chi connectivity index (χ2v) is 7.88. The maximum Gasteiger partial charge on any atom is 0.254 e. The molecule has 1 aromatic rings. The Bertz CT molecular complexity index is 665. The van der Waals surface area contributed by atoms with Gasteiger partial charge in [-0.3, -0.25) is 4.79 Å². The highest BCUT2D eigenvalue weighted by molar-refractivity contribution is 9.10. The van der Waals surface area contributed by atoms with Gasteiger partial charge in [-0.1, -0.05) is 12.8 Å². The van der Waals surface area contributed by atoms with E-state index in [0.29, 0.717) is 49.8 Å². The third-order valence-electron chi connectivity index (χ3n) is 5.56. The summed E-state index contributed by atoms with van der Waals surface area (Å²) in [6, 6.07) is 3.57. The summed E-state index contributed by atoms with van der Waals surface area (Å²) in [4.78, 5) is 14.8. The average molecular weight is 396 g/mol. The highest BCUT2D eigenvalue weighted by Crippen LogP contribution is 2.41. The molecule has 0 radical (unpaired) electrons. The number of amides is 1. The van der Waals surface area contributed by atoms with Crippen molar-refractivity contribution < 1.29 is 19.4 Å². The maximum absolute atomic E-state index is 12.9. The fourth-order valence-corrected chi connectivity index (χ4v) is 4.73. The van der Waals surface area contributed by atoms with E-state index in [2.05, 4.69) is 15.9 Å². The van der Waals surface area contributed by atoms with Crippen molar-refractivity contribution in [2.24, 2.45) is 5.92 Å². The molecule has 2 heterocycles. The molecule has 1 amide bonds. The van der Waals surface area contributed by atoms with Gasteiger partial charge in [0.1, 0.15) is 13.2 Å². The molecule has 1 aromatic carbocycles. The number of nitrogens with zero attached hydrogens (tertiary/aromatic N) is 1. The van der Waals surface area contributed by atoms with Crippen LogP contribution < -0.4 is 9.47 Å². The van der Waals surface area contributed by atoms with Crippen molar-refractivity contribution in [3.63, 3.8) is 0 Å². The monoisotopic (exact) mass is 395 g/mol. The second kappa shape index (κ2) is 6.23. The fraction of sp³-hybridized carbons (Fsp3) is 0.611. The lowest BCUT2D eigenvalue weighted by atomic mass is 9.71. The van der Waals surface area contributed by atoms with E-state index in [1.807, 2.05) is 4.90 Å². The summed E-state index contributed by atoms with van der Waals surface area (Å²) < 4.78 is 12.0. The van der Waals surface area contributed by atoms with Crippen LogP contribution in [0.2, 0.25) is 0 Å². The van der Waals surface area contributed by atoms with Gasteiger partial charge in [-0.2, -0.15) is 0 Å². The number of likely N-dealkylation sites (tertiary alicyclic amines) is 1. The molecule has 0 aromatic heterocycles. The lowest BCUT2D eigenvalue weighted by Gasteiger charge is -2.47. The predicted molar refractivity (Wildman–Crippen MR) is 92.6 cm³/mol. The molecule has 1 saturated carbocycles. The first kappa shape index (κ1) is 16.2. The summed E-state index contributed by atoms with van der Waals surface area (Å²) in [5, 5.41) is 10.8. The number of hydrogen-bond acceptors (Lipinski definition) is 4. The van der Waals surface area contributed by atoms with E-state index in [1.165, 1.54) is 0 Å². The lowest BCUT2D eigenvalue weighted by Crippen LogP contribution is -2.54. The van der Waals surface area contributed by atoms with Crippen LogP contribution in [0.25, 0.3) is 0 Å². The first-order valence-electron chi connectivity index (χ1n) is 8.68. The van der Waals surface area contributed by atoms with Crippen LogP contribution in [0.15, 0.2) is 16.6 Å². The fourth-order valence-electron chi connectivity index (χ4n) is 4.17. The Kier molecular flexibility index (Phi) is 4.21. The van der Waals surface area contributed by atoms with E-state index >= 15 is 0 Å². The van der Waals surface area contributed by atoms with Crippen molar-refractivity contribution in [2.75, 3.05) is 26.3 Å². The standard InChI is InChI=1S/C18H22BrNO4/c19-14-9-12(10-15-16(14)24-8-7-23-15)17(21)20-6-5-18(22)4-2-1-3-13(18)11-20/h9-10,13,22H,1-8,11H2/t13-,18+/m1/s1. The van der Waals surface area contributed by atoms with Gasteiger partial charge in [0, 0.05) is 24.6 Å². The molecule has 1 saturated heterocycles. The highest BCUT2D eigenvalue weighted by Gasteiger charge is 2.43. The predicted octanol–water partition coefficient (Wildman–Crippen LogP) is 2.99. The molecule has 0 spiro atoms. The molecule has 5 nitrogen and oxygen atoms in total. The Balaban J connectivity index is 1.55. The van der Waals surface area contributed by atoms with Gasteiger partial charge in [-0.15, -0.1) is 0 Å². The zero-order valence-corrected chi connectivity index (χ0v) is 15.2. The van der Waals surface area contributed by atoms with Crippen LogP contribution in [0.3, 0.4) is 0 Å². The van der Waals surface area contributed by atoms with Crippen LogP contribution in [0.5, 0.6) is 11.5 Å². The van der Waals surface area contributed by atoms with Crippen molar-refractivity contribution in [3.8, 4) is 11.5 Å². The van der Waals surface area contributed by atoms with E-state index in [-0.39, 0.29) is 11.8 Å². The number of ether oxygens (including phenoxy) is 2. The molecule has 2 atom stereocenters. The molecule has 0 bridgehead atoms. The Hall–Kier alpha value is -1.27. The number of carbonyl (C=O) groups is 1. The van der Waals surface area contributed by atoms with Gasteiger partial charge in [0.15, 0.2) is 11.5 Å². The van der Waals surface area contributed by atoms with Crippen molar-refractivity contribution in [2.45, 2.75) is 37.7 Å². The largest absolute Gasteiger partial charge is 0.486 e. The molecule has 1 N–H and O–H groups in total. The van der Waals surface area contributed by atoms with E-state index in [9.17, 15) is 9.90 Å². The van der Waals surface area contributed by atoms with Crippen LogP contribution in [-0.4, -0.2) is 47.8 Å². The van der Waals surface area contributed by atoms with Gasteiger partial charge in [-0.05, 0) is 47.3 Å². The van der Waals surface area contributed by atoms with Crippen LogP contribution in [0.1, 0.15) is 42.5 Å². The summed E-state index contributed by atoms with van der Waals surface area (Å²) in [5.74, 6) is 1.48. The lowest BCUT2D eigenvalue weighted by molar-refractivity contribution is -0.0886. The van der Waals surface area contributed by atoms with Gasteiger partial charge >= 0.3 is 0 Å². The second-order valence-electron chi connectivity index (χ2n) is 7.03. The molecule has 2 aliphatic heterocycles. The number of fused-ring (bicyclic) bond motifs is 2. The van der Waals surface area contributed by atoms with E-state index in [1.54, 1.807) is 12.1 Å². The van der Waals surface area contributed by atoms with E-state index < -0.39 is 5.60 Å². The molecule has 1 aliphatic carbocycles. The SMILES string of the molecule is O=C(c1cc(Br)c2c(c1)OCCO2)N1CC[C@@]2(O)CCCC[C@@H]2C1. The summed E-state index contributed by atoms with van der Waals surface area (Å²) in [6.45, 7) is 2.26. The minimum Gasteiger partial charge on any atom is -0.486 e. The van der Waals surface area contributed by atoms with Crippen LogP contribution in [0.4, 0.5) is 0 Å². The van der Waals surface area contributed by atoms with Crippen molar-refractivity contribution in [3.05, 3.63) is 22.2 Å². The van der Waals surface area contributed by atoms with Gasteiger partial charge in [0.05, 0.1) is 10.1 Å². The highest BCUT2D eigenvalue weighted by atomic mass is 79.9. The molecule has 24 heavy (non-hydrogen) atoms. The number of rotatable bonds is 1. The smallest absolute Gasteiger partial charge is 0.254 e. The first-order chi connectivity index (χ1) is 11.6. The molecule has 0 unspecified atom stereocenters. The van der Waals surface area contributed by atoms with Crippen LogP contribution >= 0.6 is 15.9 Å². The summed E-state index contributed by atoms with van der Waals surface area (Å²) in [5.41, 5.74) is 0.0370. The van der Waals surface area contributed by atoms with Crippen LogP contribution in [0, 0.1) is 5.92 Å². The van der Waals surface area contributed by atoms with Crippen molar-refractivity contribution >= 4 is 21.8 Å². The Morgan fingerprint density at radius 2 is 2.08 bits per heavy atom. The summed E-state index contributed by atoms with van der Waals surface area (Å²) in [7, 11) is 0. The summed E-state index contributed by atoms with van der Waals surface area (Å²) in [6.07, 6.45) is 4.79. The van der Waals surface area contributed by atoms with Gasteiger partial charge < -0.3 is 19.5 Å². The third kappa shape index (κ3) is 2.80. The number of halogens is 1. The van der Waals surface area contributed by atoms with E-state index in [0.717, 1.165) is 30.2 Å². The van der Waals surface area contributed by atoms with Crippen molar-refractivity contribution in [1.29, 1.82) is 0 Å². The molecule has 130 valence electrons. The van der Waals surface area contributed by atoms with Gasteiger partial charge in [-0.25, -0.2) is 0 Å². The normalized spacial score (nSPS) is 29.1. The third-order valence-corrected chi connectivity index (χ3v) is 6.15. The number of piperidine rings is 1. The molecule has 3 aliphatic rings. The Labute approximate surface area is 150 Å². The zero-order chi connectivity index (χ0) is 16.7. The Morgan fingerprint density at radius 1 is 1.25 bits per heavy atom. The van der Waals surface area contributed by atoms with Crippen molar-refractivity contribution in [1.82, 2.24) is 4.90 Å².